The predicted molar refractivity (Wildman–Crippen MR) is 195 cm³/mol. The minimum absolute atomic E-state index is 0.686. The van der Waals surface area contributed by atoms with E-state index in [0.29, 0.717) is 26.2 Å². The Hall–Kier alpha value is -2.99. The summed E-state index contributed by atoms with van der Waals surface area (Å²) in [5, 5.41) is 0. The van der Waals surface area contributed by atoms with Gasteiger partial charge in [0, 0.05) is 63.5 Å². The number of nitrogens with zero attached hydrogens (tertiary/aromatic N) is 7. The van der Waals surface area contributed by atoms with Crippen LogP contribution in [0.25, 0.3) is 0 Å². The van der Waals surface area contributed by atoms with Gasteiger partial charge in [0.05, 0.1) is 0 Å². The minimum atomic E-state index is -3.07. The fourth-order valence-corrected chi connectivity index (χ4v) is 21.2. The number of fused-ring (bicyclic) bond motifs is 2. The fraction of sp³-hybridized carbons (Fsp3) is 0.333. The molecule has 0 unspecified atom stereocenters. The molecule has 0 saturated carbocycles. The first kappa shape index (κ1) is 31.0. The summed E-state index contributed by atoms with van der Waals surface area (Å²) in [6.45, 7) is 6.74. The summed E-state index contributed by atoms with van der Waals surface area (Å²) >= 11 is 0. The third kappa shape index (κ3) is 5.54. The molecule has 5 aliphatic heterocycles. The van der Waals surface area contributed by atoms with E-state index in [9.17, 15) is 0 Å². The van der Waals surface area contributed by atoms with E-state index in [0.717, 1.165) is 63.4 Å². The Morgan fingerprint density at radius 2 is 0.896 bits per heavy atom. The monoisotopic (exact) mass is 697 g/mol. The first-order valence-electron chi connectivity index (χ1n) is 17.2. The van der Waals surface area contributed by atoms with Gasteiger partial charge in [-0.2, -0.15) is 9.03 Å². The van der Waals surface area contributed by atoms with Crippen molar-refractivity contribution in [1.82, 2.24) is 18.7 Å². The first-order chi connectivity index (χ1) is 23.6. The number of para-hydroxylation sites is 2. The van der Waals surface area contributed by atoms with Crippen molar-refractivity contribution < 1.29 is 9.05 Å². The van der Waals surface area contributed by atoms with E-state index in [1.165, 1.54) is 22.3 Å². The lowest BCUT2D eigenvalue weighted by molar-refractivity contribution is 0.348. The summed E-state index contributed by atoms with van der Waals surface area (Å²) in [5.41, 5.74) is 4.79. The molecule has 0 bridgehead atoms. The molecule has 4 aromatic carbocycles. The van der Waals surface area contributed by atoms with Crippen LogP contribution in [0.3, 0.4) is 0 Å². The van der Waals surface area contributed by atoms with Crippen molar-refractivity contribution in [3.8, 4) is 11.5 Å². The van der Waals surface area contributed by atoms with E-state index < -0.39 is 22.7 Å². The van der Waals surface area contributed by atoms with Crippen molar-refractivity contribution in [3.63, 3.8) is 0 Å². The SMILES string of the molecule is c1ccc(CN2Cc3ccccc3O[P@@]23=NP(N2CCCC2)(N2CCCC2)=N[P@]2(=N3)Oc3ccccc3CN2Cc2ccccc2)cc1. The highest BCUT2D eigenvalue weighted by molar-refractivity contribution is 7.81. The lowest BCUT2D eigenvalue weighted by atomic mass is 10.2. The standard InChI is InChI=1S/C36H42N7O2P3/c1-3-15-31(16-4-1)27-42-29-33-19-7-9-21-35(33)44-47(42)37-46(40-23-11-12-24-40,41-25-13-14-26-41)38-48(39-47)43(28-32-17-5-2-6-18-32)30-34-20-8-10-22-36(34)45-48/h1-10,15-22H,11-14,23-30H2/t47-,48-/m1/s1. The zero-order valence-corrected chi connectivity index (χ0v) is 29.8. The Bertz CT molecular complexity index is 1860. The average Bonchev–Trinajstić information content (AvgIpc) is 3.87. The third-order valence-electron chi connectivity index (χ3n) is 9.88. The normalized spacial score (nSPS) is 26.9. The smallest absolute Gasteiger partial charge is 0.336 e. The molecule has 12 heteroatoms. The molecular weight excluding hydrogens is 655 g/mol. The van der Waals surface area contributed by atoms with Gasteiger partial charge in [-0.1, -0.05) is 97.1 Å². The molecule has 5 aliphatic rings. The van der Waals surface area contributed by atoms with Crippen LogP contribution in [-0.2, 0) is 26.2 Å². The maximum Gasteiger partial charge on any atom is 0.336 e. The van der Waals surface area contributed by atoms with E-state index in [2.05, 4.69) is 128 Å². The summed E-state index contributed by atoms with van der Waals surface area (Å²) in [4.78, 5) is 0. The highest BCUT2D eigenvalue weighted by atomic mass is 31.3. The Labute approximate surface area is 284 Å². The number of hydrogen-bond acceptors (Lipinski definition) is 9. The third-order valence-corrected chi connectivity index (χ3v) is 20.8. The quantitative estimate of drug-likeness (QED) is 0.187. The zero-order chi connectivity index (χ0) is 32.0. The van der Waals surface area contributed by atoms with Crippen LogP contribution >= 0.6 is 22.7 Å². The Kier molecular flexibility index (Phi) is 8.22. The van der Waals surface area contributed by atoms with Crippen LogP contribution in [0.4, 0.5) is 0 Å². The maximum atomic E-state index is 7.37. The summed E-state index contributed by atoms with van der Waals surface area (Å²) in [6.07, 6.45) is 4.63. The molecule has 9 rings (SSSR count). The van der Waals surface area contributed by atoms with Crippen molar-refractivity contribution in [2.45, 2.75) is 51.9 Å². The summed E-state index contributed by atoms with van der Waals surface area (Å²) in [7, 11) is -8.81. The van der Waals surface area contributed by atoms with E-state index in [1.807, 2.05) is 0 Å². The van der Waals surface area contributed by atoms with Gasteiger partial charge in [0.15, 0.2) is 0 Å². The molecule has 0 aromatic heterocycles. The lowest BCUT2D eigenvalue weighted by Crippen LogP contribution is -2.34. The molecule has 5 heterocycles. The second-order valence-corrected chi connectivity index (χ2v) is 21.1. The Balaban J connectivity index is 1.34. The van der Waals surface area contributed by atoms with Crippen LogP contribution in [0.5, 0.6) is 11.5 Å². The van der Waals surface area contributed by atoms with Gasteiger partial charge in [0.25, 0.3) is 0 Å². The second kappa shape index (κ2) is 12.7. The molecule has 0 radical (unpaired) electrons. The Morgan fingerprint density at radius 1 is 0.479 bits per heavy atom. The summed E-state index contributed by atoms with van der Waals surface area (Å²) in [6, 6.07) is 38.4. The molecular formula is C36H42N7O2P3. The summed E-state index contributed by atoms with van der Waals surface area (Å²) < 4.78 is 42.9. The van der Waals surface area contributed by atoms with Gasteiger partial charge in [-0.05, 0) is 48.9 Å². The van der Waals surface area contributed by atoms with E-state index in [4.69, 9.17) is 22.6 Å². The van der Waals surface area contributed by atoms with E-state index >= 15 is 0 Å². The van der Waals surface area contributed by atoms with Crippen LogP contribution in [0.15, 0.2) is 123 Å². The summed E-state index contributed by atoms with van der Waals surface area (Å²) in [5.74, 6) is 1.77. The van der Waals surface area contributed by atoms with Gasteiger partial charge in [0.1, 0.15) is 11.5 Å². The molecule has 0 aliphatic carbocycles. The first-order valence-corrected chi connectivity index (χ1v) is 21.9. The minimum Gasteiger partial charge on any atom is -0.430 e. The zero-order valence-electron chi connectivity index (χ0n) is 27.2. The molecule has 248 valence electrons. The van der Waals surface area contributed by atoms with Crippen LogP contribution in [0.1, 0.15) is 47.9 Å². The number of hydrogen-bond donors (Lipinski definition) is 0. The van der Waals surface area contributed by atoms with E-state index in [-0.39, 0.29) is 0 Å². The lowest BCUT2D eigenvalue weighted by Gasteiger charge is -2.48. The van der Waals surface area contributed by atoms with Crippen molar-refractivity contribution in [3.05, 3.63) is 131 Å². The molecule has 9 nitrogen and oxygen atoms in total. The van der Waals surface area contributed by atoms with Gasteiger partial charge in [-0.25, -0.2) is 18.7 Å². The van der Waals surface area contributed by atoms with Crippen LogP contribution in [0.2, 0.25) is 0 Å². The topological polar surface area (TPSA) is 68.5 Å². The van der Waals surface area contributed by atoms with Crippen LogP contribution in [0, 0.1) is 0 Å². The molecule has 48 heavy (non-hydrogen) atoms. The van der Waals surface area contributed by atoms with Gasteiger partial charge >= 0.3 is 15.2 Å². The highest BCUT2D eigenvalue weighted by Gasteiger charge is 2.53. The molecule has 2 atom stereocenters. The molecule has 0 amide bonds. The molecule has 0 N–H and O–H groups in total. The molecule has 2 saturated heterocycles. The van der Waals surface area contributed by atoms with Gasteiger partial charge in [0.2, 0.25) is 7.51 Å². The molecule has 4 aromatic rings. The van der Waals surface area contributed by atoms with Crippen molar-refractivity contribution in [1.29, 1.82) is 0 Å². The van der Waals surface area contributed by atoms with Gasteiger partial charge < -0.3 is 9.05 Å². The highest BCUT2D eigenvalue weighted by Crippen LogP contribution is 2.84. The van der Waals surface area contributed by atoms with Crippen molar-refractivity contribution in [2.75, 3.05) is 26.2 Å². The largest absolute Gasteiger partial charge is 0.430 e. The number of rotatable bonds is 6. The second-order valence-electron chi connectivity index (χ2n) is 13.2. The molecule has 2 spiro atoms. The average molecular weight is 698 g/mol. The predicted octanol–water partition coefficient (Wildman–Crippen LogP) is 10.2. The number of benzene rings is 4. The fourth-order valence-electron chi connectivity index (χ4n) is 7.45. The Morgan fingerprint density at radius 3 is 1.38 bits per heavy atom. The maximum absolute atomic E-state index is 7.37. The van der Waals surface area contributed by atoms with E-state index in [1.54, 1.807) is 0 Å². The van der Waals surface area contributed by atoms with Crippen molar-refractivity contribution >= 4 is 22.7 Å². The van der Waals surface area contributed by atoms with Gasteiger partial charge in [-0.15, -0.1) is 4.52 Å². The molecule has 2 fully saturated rings. The van der Waals surface area contributed by atoms with Crippen LogP contribution in [-0.4, -0.2) is 44.9 Å². The van der Waals surface area contributed by atoms with Crippen LogP contribution < -0.4 is 9.05 Å². The van der Waals surface area contributed by atoms with Crippen molar-refractivity contribution in [2.24, 2.45) is 13.5 Å². The van der Waals surface area contributed by atoms with Gasteiger partial charge in [-0.3, -0.25) is 0 Å².